The molecule has 3 aromatic heterocycles. The molecule has 3 N–H and O–H groups in total. The molecule has 0 aliphatic carbocycles. The highest BCUT2D eigenvalue weighted by Crippen LogP contribution is 2.38. The van der Waals surface area contributed by atoms with Crippen LogP contribution in [0.3, 0.4) is 0 Å². The van der Waals surface area contributed by atoms with E-state index in [2.05, 4.69) is 15.3 Å². The standard InChI is InChI=1S/C27H25F2N7O2/c28-24(29)17-9-10-31-20(13-17)33-27(38)16-3-1-15(2-4-16)22-23-25(30)32-11-12-35(23)26(34-22)18-5-6-19-7-8-21(37)36(19)14-18/h1-4,9-13,18-19,24H,5-8,14H2,(H2,30,32)(H,31,33,38)/t18-,19+/m1/s1. The van der Waals surface area contributed by atoms with Gasteiger partial charge in [0.05, 0.1) is 0 Å². The first kappa shape index (κ1) is 24.0. The number of amides is 2. The lowest BCUT2D eigenvalue weighted by Crippen LogP contribution is -2.41. The molecule has 2 saturated heterocycles. The number of nitrogen functional groups attached to an aromatic ring is 1. The number of fused-ring (bicyclic) bond motifs is 2. The zero-order chi connectivity index (χ0) is 26.4. The van der Waals surface area contributed by atoms with Crippen molar-refractivity contribution in [3.8, 4) is 11.3 Å². The molecule has 9 nitrogen and oxygen atoms in total. The molecule has 194 valence electrons. The van der Waals surface area contributed by atoms with Crippen LogP contribution in [0.4, 0.5) is 20.4 Å². The van der Waals surface area contributed by atoms with E-state index in [9.17, 15) is 18.4 Å². The van der Waals surface area contributed by atoms with Crippen molar-refractivity contribution < 1.29 is 18.4 Å². The van der Waals surface area contributed by atoms with E-state index < -0.39 is 12.3 Å². The first-order valence-electron chi connectivity index (χ1n) is 12.5. The zero-order valence-corrected chi connectivity index (χ0v) is 20.3. The lowest BCUT2D eigenvalue weighted by Gasteiger charge is -2.34. The second-order valence-corrected chi connectivity index (χ2v) is 9.67. The maximum atomic E-state index is 13.0. The van der Waals surface area contributed by atoms with Gasteiger partial charge in [0.1, 0.15) is 28.7 Å². The summed E-state index contributed by atoms with van der Waals surface area (Å²) < 4.78 is 27.9. The van der Waals surface area contributed by atoms with Crippen LogP contribution in [0, 0.1) is 0 Å². The van der Waals surface area contributed by atoms with Crippen LogP contribution in [0.5, 0.6) is 0 Å². The molecule has 0 spiro atoms. The van der Waals surface area contributed by atoms with E-state index in [1.54, 1.807) is 30.5 Å². The summed E-state index contributed by atoms with van der Waals surface area (Å²) in [6.45, 7) is 0.629. The van der Waals surface area contributed by atoms with Gasteiger partial charge in [0.25, 0.3) is 12.3 Å². The molecule has 2 aliphatic rings. The fraction of sp³-hybridized carbons (Fsp3) is 0.296. The average molecular weight is 518 g/mol. The minimum atomic E-state index is -2.66. The Bertz CT molecular complexity index is 1540. The molecule has 4 aromatic rings. The monoisotopic (exact) mass is 517 g/mol. The first-order valence-corrected chi connectivity index (χ1v) is 12.5. The van der Waals surface area contributed by atoms with Crippen LogP contribution < -0.4 is 11.1 Å². The van der Waals surface area contributed by atoms with Gasteiger partial charge in [-0.3, -0.25) is 14.0 Å². The van der Waals surface area contributed by atoms with E-state index in [1.165, 1.54) is 12.3 Å². The number of imidazole rings is 1. The van der Waals surface area contributed by atoms with Crippen molar-refractivity contribution in [2.75, 3.05) is 17.6 Å². The second-order valence-electron chi connectivity index (χ2n) is 9.67. The number of carbonyl (C=O) groups excluding carboxylic acids is 2. The lowest BCUT2D eigenvalue weighted by molar-refractivity contribution is -0.130. The minimum absolute atomic E-state index is 0.0478. The average Bonchev–Trinajstić information content (AvgIpc) is 3.50. The molecule has 11 heteroatoms. The molecular weight excluding hydrogens is 492 g/mol. The number of piperidine rings is 1. The predicted octanol–water partition coefficient (Wildman–Crippen LogP) is 4.43. The van der Waals surface area contributed by atoms with Crippen LogP contribution in [0.15, 0.2) is 55.0 Å². The zero-order valence-electron chi connectivity index (χ0n) is 20.3. The number of anilines is 2. The maximum Gasteiger partial charge on any atom is 0.264 e. The number of pyridine rings is 1. The number of hydrogen-bond donors (Lipinski definition) is 2. The Morgan fingerprint density at radius 1 is 1.08 bits per heavy atom. The second kappa shape index (κ2) is 9.47. The van der Waals surface area contributed by atoms with Crippen LogP contribution in [0.1, 0.15) is 59.8 Å². The molecule has 38 heavy (non-hydrogen) atoms. The third kappa shape index (κ3) is 4.23. The Morgan fingerprint density at radius 3 is 2.68 bits per heavy atom. The van der Waals surface area contributed by atoms with Gasteiger partial charge in [-0.15, -0.1) is 0 Å². The first-order chi connectivity index (χ1) is 18.4. The third-order valence-corrected chi connectivity index (χ3v) is 7.39. The summed E-state index contributed by atoms with van der Waals surface area (Å²) in [7, 11) is 0. The predicted molar refractivity (Wildman–Crippen MR) is 137 cm³/mol. The van der Waals surface area contributed by atoms with Gasteiger partial charge in [-0.2, -0.15) is 0 Å². The summed E-state index contributed by atoms with van der Waals surface area (Å²) in [5.74, 6) is 1.00. The van der Waals surface area contributed by atoms with Gasteiger partial charge in [0.15, 0.2) is 0 Å². The minimum Gasteiger partial charge on any atom is -0.382 e. The molecular formula is C27H25F2N7O2. The number of nitrogens with one attached hydrogen (secondary N) is 1. The Morgan fingerprint density at radius 2 is 1.89 bits per heavy atom. The maximum absolute atomic E-state index is 13.0. The number of aromatic nitrogens is 4. The van der Waals surface area contributed by atoms with Gasteiger partial charge in [0.2, 0.25) is 5.91 Å². The molecule has 0 bridgehead atoms. The van der Waals surface area contributed by atoms with Crippen molar-refractivity contribution in [1.29, 1.82) is 0 Å². The number of carbonyl (C=O) groups is 2. The SMILES string of the molecule is Nc1nccn2c([C@@H]3CC[C@H]4CCC(=O)N4C3)nc(-c3ccc(C(=O)Nc4cc(C(F)F)ccn4)cc3)c12. The molecule has 2 fully saturated rings. The van der Waals surface area contributed by atoms with Crippen molar-refractivity contribution in [3.63, 3.8) is 0 Å². The summed E-state index contributed by atoms with van der Waals surface area (Å²) in [5, 5.41) is 2.56. The van der Waals surface area contributed by atoms with Gasteiger partial charge in [0, 0.05) is 60.2 Å². The molecule has 5 heterocycles. The quantitative estimate of drug-likeness (QED) is 0.404. The molecule has 2 amide bonds. The highest BCUT2D eigenvalue weighted by molar-refractivity contribution is 6.04. The Balaban J connectivity index is 1.29. The van der Waals surface area contributed by atoms with Crippen LogP contribution in [-0.2, 0) is 4.79 Å². The number of hydrogen-bond acceptors (Lipinski definition) is 6. The highest BCUT2D eigenvalue weighted by Gasteiger charge is 2.38. The topological polar surface area (TPSA) is 119 Å². The van der Waals surface area contributed by atoms with Crippen molar-refractivity contribution in [2.24, 2.45) is 0 Å². The Labute approximate surface area is 216 Å². The van der Waals surface area contributed by atoms with Crippen molar-refractivity contribution in [3.05, 3.63) is 71.9 Å². The van der Waals surface area contributed by atoms with Gasteiger partial charge < -0.3 is 16.0 Å². The number of rotatable bonds is 5. The summed E-state index contributed by atoms with van der Waals surface area (Å²) in [5.41, 5.74) is 8.44. The van der Waals surface area contributed by atoms with Gasteiger partial charge >= 0.3 is 0 Å². The Hall–Kier alpha value is -4.41. The van der Waals surface area contributed by atoms with Gasteiger partial charge in [-0.1, -0.05) is 12.1 Å². The highest BCUT2D eigenvalue weighted by atomic mass is 19.3. The van der Waals surface area contributed by atoms with Crippen LogP contribution >= 0.6 is 0 Å². The van der Waals surface area contributed by atoms with Crippen LogP contribution in [-0.4, -0.2) is 48.7 Å². The van der Waals surface area contributed by atoms with Crippen molar-refractivity contribution in [1.82, 2.24) is 24.3 Å². The number of alkyl halides is 2. The number of nitrogens with zero attached hydrogens (tertiary/aromatic N) is 5. The number of benzene rings is 1. The molecule has 2 atom stereocenters. The van der Waals surface area contributed by atoms with E-state index >= 15 is 0 Å². The largest absolute Gasteiger partial charge is 0.382 e. The van der Waals surface area contributed by atoms with E-state index in [4.69, 9.17) is 10.7 Å². The third-order valence-electron chi connectivity index (χ3n) is 7.39. The fourth-order valence-electron chi connectivity index (χ4n) is 5.47. The van der Waals surface area contributed by atoms with Gasteiger partial charge in [-0.25, -0.2) is 23.7 Å². The lowest BCUT2D eigenvalue weighted by atomic mass is 9.92. The fourth-order valence-corrected chi connectivity index (χ4v) is 5.47. The van der Waals surface area contributed by atoms with Crippen molar-refractivity contribution in [2.45, 2.75) is 44.1 Å². The molecule has 0 unspecified atom stereocenters. The molecule has 0 saturated carbocycles. The van der Waals surface area contributed by atoms with Crippen LogP contribution in [0.25, 0.3) is 16.8 Å². The van der Waals surface area contributed by atoms with E-state index in [0.717, 1.165) is 36.7 Å². The molecule has 0 radical (unpaired) electrons. The van der Waals surface area contributed by atoms with Crippen molar-refractivity contribution >= 4 is 29.0 Å². The normalized spacial score (nSPS) is 19.2. The smallest absolute Gasteiger partial charge is 0.264 e. The van der Waals surface area contributed by atoms with E-state index in [1.807, 2.05) is 15.5 Å². The summed E-state index contributed by atoms with van der Waals surface area (Å²) >= 11 is 0. The molecule has 1 aromatic carbocycles. The summed E-state index contributed by atoms with van der Waals surface area (Å²) in [6, 6.07) is 9.46. The molecule has 2 aliphatic heterocycles. The summed E-state index contributed by atoms with van der Waals surface area (Å²) in [4.78, 5) is 40.3. The Kier molecular flexibility index (Phi) is 5.97. The van der Waals surface area contributed by atoms with Gasteiger partial charge in [-0.05, 0) is 43.5 Å². The number of halogens is 2. The van der Waals surface area contributed by atoms with E-state index in [-0.39, 0.29) is 23.2 Å². The summed E-state index contributed by atoms with van der Waals surface area (Å²) in [6.07, 6.45) is 5.43. The van der Waals surface area contributed by atoms with Crippen LogP contribution in [0.2, 0.25) is 0 Å². The molecule has 6 rings (SSSR count). The number of nitrogens with two attached hydrogens (primary N) is 1. The van der Waals surface area contributed by atoms with E-state index in [0.29, 0.717) is 41.6 Å².